The lowest BCUT2D eigenvalue weighted by atomic mass is 10.0. The predicted octanol–water partition coefficient (Wildman–Crippen LogP) is 3.10. The van der Waals surface area contributed by atoms with Crippen LogP contribution in [0.4, 0.5) is 10.5 Å². The standard InChI is InChI=1S/C17H21N3O4S/c21-17(19-11-14-10-18-12-24-14)20-13-6-8-16(9-7-13)25(22,23)15-4-2-1-3-5-15/h6-10,12,15H,1-5,11H2,(H2,19,20,21). The molecule has 2 N–H and O–H groups in total. The third-order valence-corrected chi connectivity index (χ3v) is 6.62. The molecular formula is C17H21N3O4S. The first-order valence-electron chi connectivity index (χ1n) is 8.32. The van der Waals surface area contributed by atoms with Crippen molar-refractivity contribution in [3.05, 3.63) is 42.6 Å². The Kier molecular flexibility index (Phi) is 5.37. The summed E-state index contributed by atoms with van der Waals surface area (Å²) >= 11 is 0. The number of nitrogens with zero attached hydrogens (tertiary/aromatic N) is 1. The van der Waals surface area contributed by atoms with Crippen molar-refractivity contribution < 1.29 is 17.6 Å². The number of hydrogen-bond donors (Lipinski definition) is 2. The minimum atomic E-state index is -3.29. The number of amides is 2. The van der Waals surface area contributed by atoms with Crippen molar-refractivity contribution in [2.75, 3.05) is 5.32 Å². The molecule has 1 aromatic carbocycles. The first kappa shape index (κ1) is 17.5. The number of aromatic nitrogens is 1. The molecule has 1 aromatic heterocycles. The van der Waals surface area contributed by atoms with Gasteiger partial charge in [0.15, 0.2) is 16.2 Å². The highest BCUT2D eigenvalue weighted by Crippen LogP contribution is 2.29. The number of benzene rings is 1. The van der Waals surface area contributed by atoms with E-state index >= 15 is 0 Å². The molecule has 0 spiro atoms. The summed E-state index contributed by atoms with van der Waals surface area (Å²) in [6.45, 7) is 0.222. The lowest BCUT2D eigenvalue weighted by molar-refractivity contribution is 0.251. The summed E-state index contributed by atoms with van der Waals surface area (Å²) in [5, 5.41) is 5.00. The van der Waals surface area contributed by atoms with Gasteiger partial charge in [-0.15, -0.1) is 0 Å². The topological polar surface area (TPSA) is 101 Å². The first-order chi connectivity index (χ1) is 12.1. The fourth-order valence-electron chi connectivity index (χ4n) is 2.97. The Morgan fingerprint density at radius 2 is 1.88 bits per heavy atom. The first-order valence-corrected chi connectivity index (χ1v) is 9.86. The Morgan fingerprint density at radius 1 is 1.16 bits per heavy atom. The highest BCUT2D eigenvalue weighted by molar-refractivity contribution is 7.92. The summed E-state index contributed by atoms with van der Waals surface area (Å²) in [4.78, 5) is 15.9. The maximum Gasteiger partial charge on any atom is 0.319 e. The van der Waals surface area contributed by atoms with E-state index in [1.165, 1.54) is 12.6 Å². The van der Waals surface area contributed by atoms with Gasteiger partial charge in [-0.05, 0) is 37.1 Å². The zero-order valence-electron chi connectivity index (χ0n) is 13.8. The number of hydrogen-bond acceptors (Lipinski definition) is 5. The van der Waals surface area contributed by atoms with Gasteiger partial charge in [-0.1, -0.05) is 19.3 Å². The van der Waals surface area contributed by atoms with E-state index in [4.69, 9.17) is 4.42 Å². The van der Waals surface area contributed by atoms with Crippen molar-refractivity contribution in [2.45, 2.75) is 48.8 Å². The highest BCUT2D eigenvalue weighted by Gasteiger charge is 2.28. The van der Waals surface area contributed by atoms with Crippen LogP contribution in [0.1, 0.15) is 37.9 Å². The van der Waals surface area contributed by atoms with Crippen molar-refractivity contribution >= 4 is 21.6 Å². The fraction of sp³-hybridized carbons (Fsp3) is 0.412. The molecule has 2 amide bonds. The summed E-state index contributed by atoms with van der Waals surface area (Å²) in [5.41, 5.74) is 0.526. The SMILES string of the molecule is O=C(NCc1cnco1)Nc1ccc(S(=O)(=O)C2CCCCC2)cc1. The second-order valence-electron chi connectivity index (χ2n) is 6.10. The summed E-state index contributed by atoms with van der Waals surface area (Å²) in [7, 11) is -3.29. The van der Waals surface area contributed by atoms with Gasteiger partial charge in [0.1, 0.15) is 5.76 Å². The van der Waals surface area contributed by atoms with Crippen LogP contribution in [-0.4, -0.2) is 24.7 Å². The van der Waals surface area contributed by atoms with Crippen molar-refractivity contribution in [3.8, 4) is 0 Å². The second kappa shape index (κ2) is 7.69. The largest absolute Gasteiger partial charge is 0.447 e. The van der Waals surface area contributed by atoms with E-state index < -0.39 is 15.9 Å². The number of urea groups is 1. The average Bonchev–Trinajstić information content (AvgIpc) is 3.15. The number of carbonyl (C=O) groups is 1. The molecular weight excluding hydrogens is 342 g/mol. The maximum absolute atomic E-state index is 12.6. The van der Waals surface area contributed by atoms with Crippen LogP contribution in [0.15, 0.2) is 46.2 Å². The predicted molar refractivity (Wildman–Crippen MR) is 92.9 cm³/mol. The molecule has 2 aromatic rings. The average molecular weight is 363 g/mol. The van der Waals surface area contributed by atoms with Crippen LogP contribution in [0, 0.1) is 0 Å². The summed E-state index contributed by atoms with van der Waals surface area (Å²) < 4.78 is 30.3. The Hall–Kier alpha value is -2.35. The summed E-state index contributed by atoms with van der Waals surface area (Å²) in [6, 6.07) is 5.90. The van der Waals surface area contributed by atoms with E-state index in [9.17, 15) is 13.2 Å². The molecule has 1 heterocycles. The highest BCUT2D eigenvalue weighted by atomic mass is 32.2. The molecule has 0 bridgehead atoms. The van der Waals surface area contributed by atoms with Crippen LogP contribution >= 0.6 is 0 Å². The van der Waals surface area contributed by atoms with Crippen molar-refractivity contribution in [1.82, 2.24) is 10.3 Å². The lowest BCUT2D eigenvalue weighted by Gasteiger charge is -2.21. The molecule has 1 fully saturated rings. The molecule has 25 heavy (non-hydrogen) atoms. The number of rotatable bonds is 5. The van der Waals surface area contributed by atoms with Crippen LogP contribution in [0.25, 0.3) is 0 Å². The van der Waals surface area contributed by atoms with Crippen molar-refractivity contribution in [1.29, 1.82) is 0 Å². The molecule has 8 heteroatoms. The molecule has 1 saturated carbocycles. The maximum atomic E-state index is 12.6. The van der Waals surface area contributed by atoms with Gasteiger partial charge in [0.25, 0.3) is 0 Å². The van der Waals surface area contributed by atoms with E-state index in [-0.39, 0.29) is 11.8 Å². The van der Waals surface area contributed by atoms with Gasteiger partial charge in [-0.25, -0.2) is 18.2 Å². The smallest absolute Gasteiger partial charge is 0.319 e. The van der Waals surface area contributed by atoms with Gasteiger partial charge in [0.2, 0.25) is 0 Å². The molecule has 1 aliphatic carbocycles. The third kappa shape index (κ3) is 4.39. The number of carbonyl (C=O) groups excluding carboxylic acids is 1. The van der Waals surface area contributed by atoms with Crippen LogP contribution in [0.3, 0.4) is 0 Å². The molecule has 0 atom stereocenters. The van der Waals surface area contributed by atoms with E-state index in [0.717, 1.165) is 32.1 Å². The van der Waals surface area contributed by atoms with Gasteiger partial charge in [-0.3, -0.25) is 0 Å². The quantitative estimate of drug-likeness (QED) is 0.850. The zero-order valence-corrected chi connectivity index (χ0v) is 14.6. The van der Waals surface area contributed by atoms with Crippen LogP contribution < -0.4 is 10.6 Å². The van der Waals surface area contributed by atoms with E-state index in [0.29, 0.717) is 16.3 Å². The normalized spacial score (nSPS) is 15.7. The lowest BCUT2D eigenvalue weighted by Crippen LogP contribution is -2.28. The molecule has 1 aliphatic rings. The van der Waals surface area contributed by atoms with Gasteiger partial charge in [0.05, 0.1) is 22.9 Å². The number of anilines is 1. The zero-order chi connectivity index (χ0) is 17.7. The molecule has 3 rings (SSSR count). The molecule has 0 saturated heterocycles. The molecule has 7 nitrogen and oxygen atoms in total. The minimum Gasteiger partial charge on any atom is -0.447 e. The Labute approximate surface area is 146 Å². The number of sulfone groups is 1. The van der Waals surface area contributed by atoms with Gasteiger partial charge < -0.3 is 15.1 Å². The van der Waals surface area contributed by atoms with Crippen molar-refractivity contribution in [2.24, 2.45) is 0 Å². The third-order valence-electron chi connectivity index (χ3n) is 4.34. The van der Waals surface area contributed by atoms with E-state index in [1.807, 2.05) is 0 Å². The summed E-state index contributed by atoms with van der Waals surface area (Å²) in [6.07, 6.45) is 7.31. The Morgan fingerprint density at radius 3 is 2.52 bits per heavy atom. The van der Waals surface area contributed by atoms with Crippen LogP contribution in [0.2, 0.25) is 0 Å². The Balaban J connectivity index is 1.58. The van der Waals surface area contributed by atoms with Gasteiger partial charge in [0, 0.05) is 5.69 Å². The Bertz CT molecular complexity index is 795. The van der Waals surface area contributed by atoms with E-state index in [1.54, 1.807) is 24.3 Å². The monoisotopic (exact) mass is 363 g/mol. The van der Waals surface area contributed by atoms with Crippen LogP contribution in [0.5, 0.6) is 0 Å². The van der Waals surface area contributed by atoms with Gasteiger partial charge in [-0.2, -0.15) is 0 Å². The molecule has 0 aliphatic heterocycles. The molecule has 0 radical (unpaired) electrons. The fourth-order valence-corrected chi connectivity index (χ4v) is 4.82. The molecule has 0 unspecified atom stereocenters. The number of oxazole rings is 1. The van der Waals surface area contributed by atoms with Crippen LogP contribution in [-0.2, 0) is 16.4 Å². The van der Waals surface area contributed by atoms with E-state index in [2.05, 4.69) is 15.6 Å². The van der Waals surface area contributed by atoms with Gasteiger partial charge >= 0.3 is 6.03 Å². The molecule has 134 valence electrons. The summed E-state index contributed by atoms with van der Waals surface area (Å²) in [5.74, 6) is 0.545. The second-order valence-corrected chi connectivity index (χ2v) is 8.33. The number of nitrogens with one attached hydrogen (secondary N) is 2. The minimum absolute atomic E-state index is 0.222. The van der Waals surface area contributed by atoms with Crippen molar-refractivity contribution in [3.63, 3.8) is 0 Å².